The van der Waals surface area contributed by atoms with Crippen molar-refractivity contribution in [2.45, 2.75) is 38.6 Å². The minimum atomic E-state index is 0.180. The fourth-order valence-electron chi connectivity index (χ4n) is 2.20. The van der Waals surface area contributed by atoms with Crippen LogP contribution in [0.2, 0.25) is 0 Å². The highest BCUT2D eigenvalue weighted by Crippen LogP contribution is 2.23. The molecule has 17 heavy (non-hydrogen) atoms. The molecular formula is C14H23N3. The summed E-state index contributed by atoms with van der Waals surface area (Å²) in [6, 6.07) is 4.92. The molecule has 0 aliphatic carbocycles. The summed E-state index contributed by atoms with van der Waals surface area (Å²) in [7, 11) is 2.14. The molecule has 2 rings (SSSR count). The molecule has 1 aliphatic rings. The van der Waals surface area contributed by atoms with Crippen molar-refractivity contribution in [2.24, 2.45) is 0 Å². The van der Waals surface area contributed by atoms with Crippen molar-refractivity contribution >= 4 is 5.82 Å². The number of nitrogens with zero attached hydrogens (tertiary/aromatic N) is 2. The molecule has 1 aliphatic heterocycles. The maximum absolute atomic E-state index is 4.59. The zero-order valence-corrected chi connectivity index (χ0v) is 11.3. The van der Waals surface area contributed by atoms with Gasteiger partial charge in [0.25, 0.3) is 0 Å². The monoisotopic (exact) mass is 233 g/mol. The minimum Gasteiger partial charge on any atom is -0.355 e. The topological polar surface area (TPSA) is 28.2 Å². The summed E-state index contributed by atoms with van der Waals surface area (Å²) in [5.41, 5.74) is 1.47. The molecule has 0 saturated carbocycles. The molecule has 0 bridgehead atoms. The smallest absolute Gasteiger partial charge is 0.128 e. The van der Waals surface area contributed by atoms with Gasteiger partial charge in [0, 0.05) is 25.8 Å². The van der Waals surface area contributed by atoms with Crippen molar-refractivity contribution in [3.63, 3.8) is 0 Å². The Bertz CT molecular complexity index is 358. The van der Waals surface area contributed by atoms with Gasteiger partial charge in [-0.2, -0.15) is 0 Å². The Morgan fingerprint density at radius 2 is 2.12 bits per heavy atom. The average molecular weight is 233 g/mol. The van der Waals surface area contributed by atoms with E-state index in [1.165, 1.54) is 12.0 Å². The number of pyridine rings is 1. The lowest BCUT2D eigenvalue weighted by atomic mass is 9.88. The summed E-state index contributed by atoms with van der Waals surface area (Å²) in [5.74, 6) is 1.08. The van der Waals surface area contributed by atoms with Crippen LogP contribution in [0.3, 0.4) is 0 Å². The quantitative estimate of drug-likeness (QED) is 0.848. The Morgan fingerprint density at radius 1 is 1.35 bits per heavy atom. The van der Waals surface area contributed by atoms with Crippen molar-refractivity contribution in [1.82, 2.24) is 10.3 Å². The average Bonchev–Trinajstić information content (AvgIpc) is 2.80. The number of aromatic nitrogens is 1. The van der Waals surface area contributed by atoms with E-state index in [4.69, 9.17) is 0 Å². The summed E-state index contributed by atoms with van der Waals surface area (Å²) in [6.07, 6.45) is 3.22. The van der Waals surface area contributed by atoms with Gasteiger partial charge in [-0.15, -0.1) is 0 Å². The first kappa shape index (κ1) is 12.4. The van der Waals surface area contributed by atoms with Crippen molar-refractivity contribution in [1.29, 1.82) is 0 Å². The molecule has 1 aromatic heterocycles. The predicted molar refractivity (Wildman–Crippen MR) is 72.6 cm³/mol. The minimum absolute atomic E-state index is 0.180. The van der Waals surface area contributed by atoms with E-state index in [2.05, 4.69) is 55.2 Å². The van der Waals surface area contributed by atoms with Crippen LogP contribution in [0.5, 0.6) is 0 Å². The second-order valence-corrected chi connectivity index (χ2v) is 5.91. The first-order valence-corrected chi connectivity index (χ1v) is 6.38. The van der Waals surface area contributed by atoms with Crippen LogP contribution < -0.4 is 10.2 Å². The van der Waals surface area contributed by atoms with Gasteiger partial charge in [0.05, 0.1) is 0 Å². The lowest BCUT2D eigenvalue weighted by Gasteiger charge is -2.26. The molecule has 1 N–H and O–H groups in total. The number of hydrogen-bond acceptors (Lipinski definition) is 3. The van der Waals surface area contributed by atoms with Gasteiger partial charge in [-0.05, 0) is 30.0 Å². The molecule has 0 radical (unpaired) electrons. The van der Waals surface area contributed by atoms with Gasteiger partial charge < -0.3 is 10.2 Å². The Balaban J connectivity index is 2.12. The molecule has 0 amide bonds. The molecule has 3 heteroatoms. The maximum atomic E-state index is 4.59. The number of anilines is 1. The van der Waals surface area contributed by atoms with Crippen LogP contribution in [0.1, 0.15) is 32.8 Å². The van der Waals surface area contributed by atoms with Crippen LogP contribution in [0.15, 0.2) is 18.3 Å². The molecule has 0 aromatic carbocycles. The summed E-state index contributed by atoms with van der Waals surface area (Å²) in [5, 5.41) is 3.39. The van der Waals surface area contributed by atoms with E-state index in [9.17, 15) is 0 Å². The van der Waals surface area contributed by atoms with Crippen molar-refractivity contribution in [3.05, 3.63) is 23.9 Å². The van der Waals surface area contributed by atoms with Gasteiger partial charge in [0.15, 0.2) is 0 Å². The SMILES string of the molecule is CN(c1ccc(C(C)(C)C)cn1)C1CCNC1. The van der Waals surface area contributed by atoms with E-state index in [-0.39, 0.29) is 5.41 Å². The number of nitrogens with one attached hydrogen (secondary N) is 1. The third kappa shape index (κ3) is 2.78. The molecule has 1 fully saturated rings. The first-order chi connectivity index (χ1) is 7.98. The maximum Gasteiger partial charge on any atom is 0.128 e. The fraction of sp³-hybridized carbons (Fsp3) is 0.643. The first-order valence-electron chi connectivity index (χ1n) is 6.38. The van der Waals surface area contributed by atoms with E-state index in [1.54, 1.807) is 0 Å². The third-order valence-electron chi connectivity index (χ3n) is 3.56. The van der Waals surface area contributed by atoms with Crippen molar-refractivity contribution in [2.75, 3.05) is 25.0 Å². The van der Waals surface area contributed by atoms with Gasteiger partial charge in [-0.1, -0.05) is 26.8 Å². The van der Waals surface area contributed by atoms with E-state index in [0.29, 0.717) is 6.04 Å². The largest absolute Gasteiger partial charge is 0.355 e. The number of likely N-dealkylation sites (N-methyl/N-ethyl adjacent to an activating group) is 1. The number of rotatable bonds is 2. The molecule has 94 valence electrons. The lowest BCUT2D eigenvalue weighted by Crippen LogP contribution is -2.33. The highest BCUT2D eigenvalue weighted by atomic mass is 15.2. The van der Waals surface area contributed by atoms with Gasteiger partial charge in [0.1, 0.15) is 5.82 Å². The van der Waals surface area contributed by atoms with E-state index < -0.39 is 0 Å². The van der Waals surface area contributed by atoms with Crippen molar-refractivity contribution < 1.29 is 0 Å². The normalized spacial score (nSPS) is 20.6. The van der Waals surface area contributed by atoms with Crippen LogP contribution >= 0.6 is 0 Å². The molecule has 2 heterocycles. The summed E-state index contributed by atoms with van der Waals surface area (Å²) in [4.78, 5) is 6.87. The zero-order chi connectivity index (χ0) is 12.5. The van der Waals surface area contributed by atoms with Crippen LogP contribution in [0.4, 0.5) is 5.82 Å². The highest BCUT2D eigenvalue weighted by molar-refractivity contribution is 5.41. The van der Waals surface area contributed by atoms with Crippen LogP contribution in [-0.4, -0.2) is 31.2 Å². The van der Waals surface area contributed by atoms with Crippen LogP contribution in [0, 0.1) is 0 Å². The molecular weight excluding hydrogens is 210 g/mol. The molecule has 1 saturated heterocycles. The molecule has 1 aromatic rings. The Hall–Kier alpha value is -1.09. The fourth-order valence-corrected chi connectivity index (χ4v) is 2.20. The van der Waals surface area contributed by atoms with Gasteiger partial charge >= 0.3 is 0 Å². The third-order valence-corrected chi connectivity index (χ3v) is 3.56. The highest BCUT2D eigenvalue weighted by Gasteiger charge is 2.21. The molecule has 1 atom stereocenters. The van der Waals surface area contributed by atoms with E-state index in [1.807, 2.05) is 6.20 Å². The predicted octanol–water partition coefficient (Wildman–Crippen LogP) is 2.18. The Kier molecular flexibility index (Phi) is 3.38. The van der Waals surface area contributed by atoms with Gasteiger partial charge in [-0.25, -0.2) is 4.98 Å². The molecule has 0 spiro atoms. The van der Waals surface area contributed by atoms with Crippen LogP contribution in [-0.2, 0) is 5.41 Å². The summed E-state index contributed by atoms with van der Waals surface area (Å²) < 4.78 is 0. The zero-order valence-electron chi connectivity index (χ0n) is 11.3. The van der Waals surface area contributed by atoms with Crippen molar-refractivity contribution in [3.8, 4) is 0 Å². The standard InChI is InChI=1S/C14H23N3/c1-14(2,3)11-5-6-13(16-9-11)17(4)12-7-8-15-10-12/h5-6,9,12,15H,7-8,10H2,1-4H3. The lowest BCUT2D eigenvalue weighted by molar-refractivity contribution is 0.586. The summed E-state index contributed by atoms with van der Waals surface area (Å²) in [6.45, 7) is 8.84. The van der Waals surface area contributed by atoms with Gasteiger partial charge in [0.2, 0.25) is 0 Å². The molecule has 3 nitrogen and oxygen atoms in total. The number of hydrogen-bond donors (Lipinski definition) is 1. The Labute approximate surface area is 104 Å². The van der Waals surface area contributed by atoms with Crippen LogP contribution in [0.25, 0.3) is 0 Å². The second-order valence-electron chi connectivity index (χ2n) is 5.91. The summed E-state index contributed by atoms with van der Waals surface area (Å²) >= 11 is 0. The molecule has 1 unspecified atom stereocenters. The Morgan fingerprint density at radius 3 is 2.59 bits per heavy atom. The van der Waals surface area contributed by atoms with E-state index in [0.717, 1.165) is 18.9 Å². The van der Waals surface area contributed by atoms with Gasteiger partial charge in [-0.3, -0.25) is 0 Å². The second kappa shape index (κ2) is 4.65. The van der Waals surface area contributed by atoms with E-state index >= 15 is 0 Å².